The van der Waals surface area contributed by atoms with E-state index in [1.165, 1.54) is 12.5 Å². The van der Waals surface area contributed by atoms with E-state index in [0.29, 0.717) is 18.9 Å². The minimum Gasteiger partial charge on any atom is -0.383 e. The lowest BCUT2D eigenvalue weighted by Gasteiger charge is -2.16. The molecule has 1 aromatic carbocycles. The van der Waals surface area contributed by atoms with Gasteiger partial charge in [0.15, 0.2) is 0 Å². The Labute approximate surface area is 193 Å². The smallest absolute Gasteiger partial charge is 0.273 e. The number of anilines is 2. The SMILES string of the molecule is Nc1ncn(-c2c(Cl)cccc2Cl)c(=O)c1C(=O)Nc1cncc(C2CCOCCN2)c1. The number of benzene rings is 1. The number of nitrogens with one attached hydrogen (secondary N) is 2. The molecule has 4 rings (SSSR count). The van der Waals surface area contributed by atoms with E-state index < -0.39 is 11.5 Å². The Balaban J connectivity index is 1.65. The zero-order chi connectivity index (χ0) is 22.7. The van der Waals surface area contributed by atoms with Crippen LogP contribution < -0.4 is 21.9 Å². The van der Waals surface area contributed by atoms with Gasteiger partial charge in [0.05, 0.1) is 34.2 Å². The number of nitrogens with two attached hydrogens (primary N) is 1. The molecule has 3 aromatic rings. The molecule has 0 bridgehead atoms. The molecular weight excluding hydrogens is 455 g/mol. The highest BCUT2D eigenvalue weighted by atomic mass is 35.5. The van der Waals surface area contributed by atoms with Gasteiger partial charge >= 0.3 is 0 Å². The van der Waals surface area contributed by atoms with Crippen molar-refractivity contribution in [2.45, 2.75) is 12.5 Å². The van der Waals surface area contributed by atoms with Crippen LogP contribution in [-0.4, -0.2) is 40.2 Å². The molecule has 1 saturated heterocycles. The van der Waals surface area contributed by atoms with Crippen molar-refractivity contribution in [2.75, 3.05) is 30.8 Å². The normalized spacial score (nSPS) is 16.4. The number of hydrogen-bond donors (Lipinski definition) is 3. The predicted octanol–water partition coefficient (Wildman–Crippen LogP) is 2.82. The van der Waals surface area contributed by atoms with Crippen LogP contribution in [0, 0.1) is 0 Å². The Kier molecular flexibility index (Phi) is 6.71. The number of halogens is 2. The summed E-state index contributed by atoms with van der Waals surface area (Å²) in [6, 6.07) is 6.64. The van der Waals surface area contributed by atoms with Gasteiger partial charge in [0, 0.05) is 25.4 Å². The second-order valence-corrected chi connectivity index (χ2v) is 7.93. The first-order valence-electron chi connectivity index (χ1n) is 9.84. The van der Waals surface area contributed by atoms with Gasteiger partial charge in [0.25, 0.3) is 11.5 Å². The fraction of sp³-hybridized carbons (Fsp3) is 0.238. The third-order valence-electron chi connectivity index (χ3n) is 5.01. The molecule has 11 heteroatoms. The largest absolute Gasteiger partial charge is 0.383 e. The summed E-state index contributed by atoms with van der Waals surface area (Å²) in [4.78, 5) is 34.3. The number of para-hydroxylation sites is 1. The average molecular weight is 475 g/mol. The van der Waals surface area contributed by atoms with E-state index in [0.717, 1.165) is 23.1 Å². The fourth-order valence-corrected chi connectivity index (χ4v) is 4.04. The second kappa shape index (κ2) is 9.66. The molecule has 0 radical (unpaired) electrons. The molecule has 1 fully saturated rings. The van der Waals surface area contributed by atoms with Gasteiger partial charge in [-0.2, -0.15) is 0 Å². The third-order valence-corrected chi connectivity index (χ3v) is 5.62. The molecule has 9 nitrogen and oxygen atoms in total. The number of nitrogens with zero attached hydrogens (tertiary/aromatic N) is 3. The summed E-state index contributed by atoms with van der Waals surface area (Å²) in [5.74, 6) is -0.924. The molecule has 1 aliphatic rings. The molecular formula is C21H20Cl2N6O3. The number of nitrogen functional groups attached to an aromatic ring is 1. The molecule has 0 spiro atoms. The van der Waals surface area contributed by atoms with Crippen LogP contribution in [0.5, 0.6) is 0 Å². The van der Waals surface area contributed by atoms with Crippen molar-refractivity contribution in [1.29, 1.82) is 0 Å². The van der Waals surface area contributed by atoms with Crippen LogP contribution in [-0.2, 0) is 4.74 Å². The van der Waals surface area contributed by atoms with Crippen LogP contribution in [0.3, 0.4) is 0 Å². The van der Waals surface area contributed by atoms with E-state index in [-0.39, 0.29) is 33.2 Å². The third kappa shape index (κ3) is 4.61. The van der Waals surface area contributed by atoms with Crippen molar-refractivity contribution in [3.63, 3.8) is 0 Å². The van der Waals surface area contributed by atoms with Crippen molar-refractivity contribution < 1.29 is 9.53 Å². The van der Waals surface area contributed by atoms with Crippen LogP contribution in [0.2, 0.25) is 10.0 Å². The van der Waals surface area contributed by atoms with Gasteiger partial charge in [0.1, 0.15) is 17.7 Å². The summed E-state index contributed by atoms with van der Waals surface area (Å²) >= 11 is 12.4. The highest BCUT2D eigenvalue weighted by Gasteiger charge is 2.21. The van der Waals surface area contributed by atoms with Gasteiger partial charge < -0.3 is 21.1 Å². The quantitative estimate of drug-likeness (QED) is 0.530. The number of carbonyl (C=O) groups is 1. The number of pyridine rings is 1. The Morgan fingerprint density at radius 1 is 1.25 bits per heavy atom. The van der Waals surface area contributed by atoms with Gasteiger partial charge in [-0.1, -0.05) is 29.3 Å². The maximum absolute atomic E-state index is 13.1. The lowest BCUT2D eigenvalue weighted by atomic mass is 10.1. The zero-order valence-corrected chi connectivity index (χ0v) is 18.4. The summed E-state index contributed by atoms with van der Waals surface area (Å²) in [7, 11) is 0. The van der Waals surface area contributed by atoms with Gasteiger partial charge in [-0.05, 0) is 30.2 Å². The van der Waals surface area contributed by atoms with Crippen molar-refractivity contribution >= 4 is 40.6 Å². The first-order valence-corrected chi connectivity index (χ1v) is 10.6. The average Bonchev–Trinajstić information content (AvgIpc) is 3.05. The van der Waals surface area contributed by atoms with Crippen LogP contribution >= 0.6 is 23.2 Å². The minimum absolute atomic E-state index is 0.0462. The number of rotatable bonds is 4. The summed E-state index contributed by atoms with van der Waals surface area (Å²) in [6.45, 7) is 1.99. The summed E-state index contributed by atoms with van der Waals surface area (Å²) in [5, 5.41) is 6.52. The number of amides is 1. The topological polar surface area (TPSA) is 124 Å². The molecule has 0 aliphatic carbocycles. The molecule has 3 heterocycles. The Hall–Kier alpha value is -2.98. The van der Waals surface area contributed by atoms with Crippen molar-refractivity contribution in [1.82, 2.24) is 19.9 Å². The highest BCUT2D eigenvalue weighted by Crippen LogP contribution is 2.27. The van der Waals surface area contributed by atoms with E-state index >= 15 is 0 Å². The second-order valence-electron chi connectivity index (χ2n) is 7.12. The van der Waals surface area contributed by atoms with E-state index in [9.17, 15) is 9.59 Å². The maximum Gasteiger partial charge on any atom is 0.273 e. The molecule has 166 valence electrons. The van der Waals surface area contributed by atoms with Gasteiger partial charge in [0.2, 0.25) is 0 Å². The maximum atomic E-state index is 13.1. The molecule has 0 saturated carbocycles. The molecule has 32 heavy (non-hydrogen) atoms. The van der Waals surface area contributed by atoms with E-state index in [2.05, 4.69) is 20.6 Å². The number of aromatic nitrogens is 3. The van der Waals surface area contributed by atoms with Crippen LogP contribution in [0.15, 0.2) is 47.8 Å². The highest BCUT2D eigenvalue weighted by molar-refractivity contribution is 6.37. The molecule has 1 unspecified atom stereocenters. The Morgan fingerprint density at radius 3 is 2.81 bits per heavy atom. The standard InChI is InChI=1S/C21H20Cl2N6O3/c22-14-2-1-3-15(23)18(14)29-11-27-19(24)17(21(29)31)20(30)28-13-8-12(9-25-10-13)16-4-6-32-7-5-26-16/h1-3,8-11,16,26H,4-7,24H2,(H,28,30). The van der Waals surface area contributed by atoms with Crippen molar-refractivity contribution in [3.05, 3.63) is 74.5 Å². The monoisotopic (exact) mass is 474 g/mol. The van der Waals surface area contributed by atoms with Crippen LogP contribution in [0.1, 0.15) is 28.4 Å². The number of ether oxygens (including phenoxy) is 1. The van der Waals surface area contributed by atoms with Crippen LogP contribution in [0.4, 0.5) is 11.5 Å². The Morgan fingerprint density at radius 2 is 2.03 bits per heavy atom. The summed E-state index contributed by atoms with van der Waals surface area (Å²) in [6.07, 6.45) is 5.18. The summed E-state index contributed by atoms with van der Waals surface area (Å²) < 4.78 is 6.56. The zero-order valence-electron chi connectivity index (χ0n) is 16.8. The fourth-order valence-electron chi connectivity index (χ4n) is 3.46. The van der Waals surface area contributed by atoms with E-state index in [1.807, 2.05) is 0 Å². The lowest BCUT2D eigenvalue weighted by Crippen LogP contribution is -2.31. The number of carbonyl (C=O) groups excluding carboxylic acids is 1. The van der Waals surface area contributed by atoms with Gasteiger partial charge in [-0.3, -0.25) is 19.1 Å². The number of hydrogen-bond acceptors (Lipinski definition) is 7. The van der Waals surface area contributed by atoms with Crippen molar-refractivity contribution in [2.24, 2.45) is 0 Å². The van der Waals surface area contributed by atoms with Gasteiger partial charge in [-0.25, -0.2) is 4.98 Å². The minimum atomic E-state index is -0.714. The first-order chi connectivity index (χ1) is 15.5. The molecule has 1 atom stereocenters. The Bertz CT molecular complexity index is 1190. The van der Waals surface area contributed by atoms with E-state index in [1.54, 1.807) is 30.5 Å². The molecule has 2 aromatic heterocycles. The summed E-state index contributed by atoms with van der Waals surface area (Å²) in [5.41, 5.74) is 6.38. The van der Waals surface area contributed by atoms with Gasteiger partial charge in [-0.15, -0.1) is 0 Å². The molecule has 1 aliphatic heterocycles. The molecule has 4 N–H and O–H groups in total. The van der Waals surface area contributed by atoms with Crippen molar-refractivity contribution in [3.8, 4) is 5.69 Å². The van der Waals surface area contributed by atoms with E-state index in [4.69, 9.17) is 33.7 Å². The predicted molar refractivity (Wildman–Crippen MR) is 123 cm³/mol. The first kappa shape index (κ1) is 22.2. The lowest BCUT2D eigenvalue weighted by molar-refractivity contribution is 0.102. The van der Waals surface area contributed by atoms with Crippen LogP contribution in [0.25, 0.3) is 5.69 Å². The molecule has 1 amide bonds.